The van der Waals surface area contributed by atoms with Crippen LogP contribution in [0.5, 0.6) is 0 Å². The van der Waals surface area contributed by atoms with Gasteiger partial charge in [-0.25, -0.2) is 9.98 Å². The molecule has 5 heteroatoms. The van der Waals surface area contributed by atoms with Crippen molar-refractivity contribution in [3.63, 3.8) is 0 Å². The van der Waals surface area contributed by atoms with Crippen molar-refractivity contribution in [2.45, 2.75) is 6.17 Å². The average molecular weight is 645 g/mol. The van der Waals surface area contributed by atoms with E-state index in [9.17, 15) is 0 Å². The first-order valence-corrected chi connectivity index (χ1v) is 16.8. The van der Waals surface area contributed by atoms with Crippen molar-refractivity contribution < 1.29 is 4.42 Å². The minimum absolute atomic E-state index is 0.269. The van der Waals surface area contributed by atoms with E-state index in [0.29, 0.717) is 5.84 Å². The van der Waals surface area contributed by atoms with E-state index in [1.165, 1.54) is 11.1 Å². The fourth-order valence-corrected chi connectivity index (χ4v) is 6.63. The second-order valence-electron chi connectivity index (χ2n) is 12.3. The molecule has 2 heterocycles. The van der Waals surface area contributed by atoms with Crippen molar-refractivity contribution in [2.24, 2.45) is 9.98 Å². The summed E-state index contributed by atoms with van der Waals surface area (Å²) in [6.45, 7) is 0. The first kappa shape index (κ1) is 29.4. The molecule has 0 fully saturated rings. The third kappa shape index (κ3) is 5.61. The molecule has 1 aliphatic heterocycles. The van der Waals surface area contributed by atoms with Gasteiger partial charge in [0.05, 0.1) is 0 Å². The van der Waals surface area contributed by atoms with Crippen LogP contribution >= 0.6 is 0 Å². The molecule has 1 atom stereocenters. The van der Waals surface area contributed by atoms with Crippen LogP contribution in [0, 0.1) is 0 Å². The number of nitrogens with one attached hydrogen (secondary N) is 1. The highest BCUT2D eigenvalue weighted by Gasteiger charge is 2.22. The van der Waals surface area contributed by atoms with Crippen LogP contribution in [0.4, 0.5) is 17.1 Å². The lowest BCUT2D eigenvalue weighted by atomic mass is 10.0. The predicted octanol–water partition coefficient (Wildman–Crippen LogP) is 11.2. The number of anilines is 3. The molecule has 0 aliphatic carbocycles. The summed E-state index contributed by atoms with van der Waals surface area (Å²) in [7, 11) is 0. The number of furan rings is 1. The highest BCUT2D eigenvalue weighted by atomic mass is 16.3. The van der Waals surface area contributed by atoms with Gasteiger partial charge in [-0.3, -0.25) is 0 Å². The molecule has 7 aromatic carbocycles. The van der Waals surface area contributed by atoms with E-state index < -0.39 is 0 Å². The topological polar surface area (TPSA) is 53.1 Å². The van der Waals surface area contributed by atoms with Crippen molar-refractivity contribution in [1.82, 2.24) is 5.32 Å². The van der Waals surface area contributed by atoms with Crippen molar-refractivity contribution in [3.8, 4) is 11.1 Å². The zero-order valence-corrected chi connectivity index (χ0v) is 27.1. The predicted molar refractivity (Wildman–Crippen MR) is 206 cm³/mol. The van der Waals surface area contributed by atoms with E-state index in [2.05, 4.69) is 138 Å². The first-order valence-electron chi connectivity index (χ1n) is 16.8. The number of fused-ring (bicyclic) bond motifs is 3. The van der Waals surface area contributed by atoms with Crippen LogP contribution in [-0.2, 0) is 0 Å². The molecular weight excluding hydrogens is 613 g/mol. The standard InChI is InChI=1S/C45H32N4O/c1-5-13-31(14-6-1)32-21-24-37(25-22-32)49(36-19-11-4-12-20-36)38-26-28-42-40(30-38)39-29-35(23-27-41(39)50-42)45-47-43(33-15-7-2-8-16-33)46-44(48-45)34-17-9-3-10-18-34/h1-30,43H,(H,46,47,48). The summed E-state index contributed by atoms with van der Waals surface area (Å²) >= 11 is 0. The Bertz CT molecular complexity index is 2490. The fraction of sp³-hybridized carbons (Fsp3) is 0.0222. The molecule has 0 amide bonds. The molecule has 0 radical (unpaired) electrons. The second kappa shape index (κ2) is 12.7. The number of nitrogens with zero attached hydrogens (tertiary/aromatic N) is 3. The Balaban J connectivity index is 1.13. The minimum Gasteiger partial charge on any atom is -0.456 e. The number of benzene rings is 7. The molecule has 8 aromatic rings. The van der Waals surface area contributed by atoms with Gasteiger partial charge in [0.1, 0.15) is 23.2 Å². The summed E-state index contributed by atoms with van der Waals surface area (Å²) in [5.41, 5.74) is 10.2. The van der Waals surface area contributed by atoms with Gasteiger partial charge in [0.25, 0.3) is 0 Å². The summed E-state index contributed by atoms with van der Waals surface area (Å²) in [5.74, 6) is 1.47. The normalized spacial score (nSPS) is 14.2. The third-order valence-electron chi connectivity index (χ3n) is 9.12. The average Bonchev–Trinajstić information content (AvgIpc) is 3.57. The first-order chi connectivity index (χ1) is 24.8. The van der Waals surface area contributed by atoms with Gasteiger partial charge in [-0.1, -0.05) is 121 Å². The van der Waals surface area contributed by atoms with E-state index in [1.54, 1.807) is 0 Å². The maximum absolute atomic E-state index is 6.38. The Kier molecular flexibility index (Phi) is 7.48. The maximum Gasteiger partial charge on any atom is 0.159 e. The lowest BCUT2D eigenvalue weighted by Crippen LogP contribution is -2.33. The molecule has 50 heavy (non-hydrogen) atoms. The van der Waals surface area contributed by atoms with Gasteiger partial charge in [0.2, 0.25) is 0 Å². The molecule has 0 spiro atoms. The Morgan fingerprint density at radius 3 is 1.68 bits per heavy atom. The van der Waals surface area contributed by atoms with Crippen molar-refractivity contribution in [1.29, 1.82) is 0 Å². The van der Waals surface area contributed by atoms with Gasteiger partial charge in [-0.2, -0.15) is 0 Å². The maximum atomic E-state index is 6.38. The molecule has 0 saturated heterocycles. The Labute approximate surface area is 290 Å². The number of aliphatic imine (C=N–C) groups is 2. The molecule has 0 bridgehead atoms. The lowest BCUT2D eigenvalue weighted by Gasteiger charge is -2.25. The number of para-hydroxylation sites is 1. The Morgan fingerprint density at radius 2 is 0.980 bits per heavy atom. The third-order valence-corrected chi connectivity index (χ3v) is 9.12. The Morgan fingerprint density at radius 1 is 0.460 bits per heavy atom. The summed E-state index contributed by atoms with van der Waals surface area (Å²) < 4.78 is 6.38. The molecule has 5 nitrogen and oxygen atoms in total. The lowest BCUT2D eigenvalue weighted by molar-refractivity contribution is 0.668. The highest BCUT2D eigenvalue weighted by Crippen LogP contribution is 2.39. The van der Waals surface area contributed by atoms with Crippen LogP contribution in [0.2, 0.25) is 0 Å². The van der Waals surface area contributed by atoms with Crippen LogP contribution in [0.3, 0.4) is 0 Å². The minimum atomic E-state index is -0.269. The zero-order chi connectivity index (χ0) is 33.3. The van der Waals surface area contributed by atoms with E-state index in [0.717, 1.165) is 61.5 Å². The molecule has 1 N–H and O–H groups in total. The summed E-state index contributed by atoms with van der Waals surface area (Å²) in [4.78, 5) is 12.3. The van der Waals surface area contributed by atoms with Gasteiger partial charge >= 0.3 is 0 Å². The number of hydrogen-bond acceptors (Lipinski definition) is 5. The van der Waals surface area contributed by atoms with Crippen molar-refractivity contribution in [3.05, 3.63) is 199 Å². The van der Waals surface area contributed by atoms with E-state index in [4.69, 9.17) is 14.4 Å². The van der Waals surface area contributed by atoms with E-state index in [-0.39, 0.29) is 6.17 Å². The fourth-order valence-electron chi connectivity index (χ4n) is 6.63. The van der Waals surface area contributed by atoms with Gasteiger partial charge in [0.15, 0.2) is 5.84 Å². The molecule has 9 rings (SSSR count). The van der Waals surface area contributed by atoms with Gasteiger partial charge in [0, 0.05) is 39.0 Å². The monoisotopic (exact) mass is 644 g/mol. The summed E-state index contributed by atoms with van der Waals surface area (Å²) in [6.07, 6.45) is -0.269. The zero-order valence-electron chi connectivity index (χ0n) is 27.1. The number of amidine groups is 2. The molecule has 1 aromatic heterocycles. The summed E-state index contributed by atoms with van der Waals surface area (Å²) in [5, 5.41) is 5.66. The second-order valence-corrected chi connectivity index (χ2v) is 12.3. The number of hydrogen-bond donors (Lipinski definition) is 1. The van der Waals surface area contributed by atoms with Crippen molar-refractivity contribution >= 4 is 50.7 Å². The largest absolute Gasteiger partial charge is 0.456 e. The summed E-state index contributed by atoms with van der Waals surface area (Å²) in [6, 6.07) is 62.8. The van der Waals surface area contributed by atoms with Crippen LogP contribution in [0.1, 0.15) is 22.9 Å². The molecular formula is C45H32N4O. The van der Waals surface area contributed by atoms with Gasteiger partial charge in [-0.05, 0) is 77.4 Å². The number of rotatable bonds is 7. The van der Waals surface area contributed by atoms with E-state index in [1.807, 2.05) is 54.6 Å². The Hall–Kier alpha value is -6.72. The molecule has 238 valence electrons. The van der Waals surface area contributed by atoms with Crippen LogP contribution in [-0.4, -0.2) is 11.7 Å². The molecule has 1 aliphatic rings. The quantitative estimate of drug-likeness (QED) is 0.188. The molecule has 1 unspecified atom stereocenters. The van der Waals surface area contributed by atoms with Crippen LogP contribution < -0.4 is 10.2 Å². The molecule has 0 saturated carbocycles. The van der Waals surface area contributed by atoms with Crippen LogP contribution in [0.15, 0.2) is 196 Å². The van der Waals surface area contributed by atoms with Crippen molar-refractivity contribution in [2.75, 3.05) is 4.90 Å². The van der Waals surface area contributed by atoms with Crippen LogP contribution in [0.25, 0.3) is 33.1 Å². The van der Waals surface area contributed by atoms with Gasteiger partial charge < -0.3 is 14.6 Å². The van der Waals surface area contributed by atoms with E-state index >= 15 is 0 Å². The highest BCUT2D eigenvalue weighted by molar-refractivity contribution is 6.15. The van der Waals surface area contributed by atoms with Gasteiger partial charge in [-0.15, -0.1) is 0 Å². The SMILES string of the molecule is c1ccc(C2=NC(c3ccccc3)NC(c3ccc4oc5ccc(N(c6ccccc6)c6ccc(-c7ccccc7)cc6)cc5c4c3)=N2)cc1. The smallest absolute Gasteiger partial charge is 0.159 e.